The van der Waals surface area contributed by atoms with Gasteiger partial charge >= 0.3 is 0 Å². The molecule has 1 atom stereocenters. The number of benzene rings is 2. The molecule has 0 saturated heterocycles. The number of rotatable bonds is 2. The van der Waals surface area contributed by atoms with E-state index in [0.717, 1.165) is 16.9 Å². The predicted octanol–water partition coefficient (Wildman–Crippen LogP) is 3.12. The minimum absolute atomic E-state index is 0.135. The van der Waals surface area contributed by atoms with Gasteiger partial charge < -0.3 is 15.4 Å². The molecule has 2 aromatic carbocycles. The number of carbonyl (C=O) groups excluding carboxylic acids is 1. The maximum absolute atomic E-state index is 12.3. The van der Waals surface area contributed by atoms with Gasteiger partial charge in [0.05, 0.1) is 12.2 Å². The van der Waals surface area contributed by atoms with E-state index >= 15 is 0 Å². The third-order valence-electron chi connectivity index (χ3n) is 3.57. The SMILES string of the molecule is Cc1ccc(NC(=O)C2CNc3ccccc3O2)c(C)c1. The van der Waals surface area contributed by atoms with Gasteiger partial charge in [-0.25, -0.2) is 0 Å². The van der Waals surface area contributed by atoms with Crippen molar-refractivity contribution >= 4 is 17.3 Å². The topological polar surface area (TPSA) is 50.4 Å². The quantitative estimate of drug-likeness (QED) is 0.890. The van der Waals surface area contributed by atoms with Gasteiger partial charge in [-0.1, -0.05) is 29.8 Å². The van der Waals surface area contributed by atoms with Crippen LogP contribution in [0.5, 0.6) is 5.75 Å². The van der Waals surface area contributed by atoms with Crippen LogP contribution >= 0.6 is 0 Å². The molecule has 0 radical (unpaired) electrons. The van der Waals surface area contributed by atoms with E-state index in [0.29, 0.717) is 12.3 Å². The fourth-order valence-corrected chi connectivity index (χ4v) is 2.43. The molecule has 2 aromatic rings. The Morgan fingerprint density at radius 2 is 2.05 bits per heavy atom. The van der Waals surface area contributed by atoms with Crippen LogP contribution in [-0.2, 0) is 4.79 Å². The van der Waals surface area contributed by atoms with E-state index in [9.17, 15) is 4.79 Å². The summed E-state index contributed by atoms with van der Waals surface area (Å²) in [6, 6.07) is 13.6. The highest BCUT2D eigenvalue weighted by molar-refractivity contribution is 5.96. The maximum Gasteiger partial charge on any atom is 0.267 e. The summed E-state index contributed by atoms with van der Waals surface area (Å²) in [6.07, 6.45) is -0.527. The Morgan fingerprint density at radius 1 is 1.24 bits per heavy atom. The minimum Gasteiger partial charge on any atom is -0.477 e. The zero-order chi connectivity index (χ0) is 14.8. The third kappa shape index (κ3) is 2.84. The lowest BCUT2D eigenvalue weighted by Crippen LogP contribution is -2.41. The number of amides is 1. The Bertz CT molecular complexity index is 682. The number of ether oxygens (including phenoxy) is 1. The number of anilines is 2. The smallest absolute Gasteiger partial charge is 0.267 e. The number of fused-ring (bicyclic) bond motifs is 1. The molecule has 1 amide bonds. The largest absolute Gasteiger partial charge is 0.477 e. The Labute approximate surface area is 124 Å². The molecule has 3 rings (SSSR count). The van der Waals surface area contributed by atoms with E-state index in [4.69, 9.17) is 4.74 Å². The highest BCUT2D eigenvalue weighted by Gasteiger charge is 2.25. The molecule has 0 spiro atoms. The summed E-state index contributed by atoms with van der Waals surface area (Å²) in [6.45, 7) is 4.48. The fourth-order valence-electron chi connectivity index (χ4n) is 2.43. The molecule has 1 heterocycles. The molecule has 1 aliphatic heterocycles. The molecule has 1 aliphatic rings. The van der Waals surface area contributed by atoms with Crippen molar-refractivity contribution in [3.05, 3.63) is 53.6 Å². The van der Waals surface area contributed by atoms with Crippen molar-refractivity contribution in [1.82, 2.24) is 0 Å². The molecule has 0 aromatic heterocycles. The Balaban J connectivity index is 1.72. The number of carbonyl (C=O) groups is 1. The molecule has 0 bridgehead atoms. The summed E-state index contributed by atoms with van der Waals surface area (Å²) in [5.74, 6) is 0.577. The van der Waals surface area contributed by atoms with Gasteiger partial charge in [0.15, 0.2) is 6.10 Å². The second-order valence-electron chi connectivity index (χ2n) is 5.29. The number of para-hydroxylation sites is 2. The summed E-state index contributed by atoms with van der Waals surface area (Å²) < 4.78 is 5.75. The van der Waals surface area contributed by atoms with E-state index in [1.165, 1.54) is 5.56 Å². The van der Waals surface area contributed by atoms with Crippen LogP contribution in [0.2, 0.25) is 0 Å². The van der Waals surface area contributed by atoms with E-state index in [-0.39, 0.29) is 5.91 Å². The highest BCUT2D eigenvalue weighted by atomic mass is 16.5. The van der Waals surface area contributed by atoms with Gasteiger partial charge in [-0.3, -0.25) is 4.79 Å². The van der Waals surface area contributed by atoms with E-state index in [1.54, 1.807) is 0 Å². The summed E-state index contributed by atoms with van der Waals surface area (Å²) >= 11 is 0. The summed E-state index contributed by atoms with van der Waals surface area (Å²) in [5.41, 5.74) is 3.98. The van der Waals surface area contributed by atoms with E-state index < -0.39 is 6.10 Å². The molecule has 4 heteroatoms. The summed E-state index contributed by atoms with van der Waals surface area (Å²) in [4.78, 5) is 12.3. The first-order chi connectivity index (χ1) is 10.1. The lowest BCUT2D eigenvalue weighted by Gasteiger charge is -2.26. The van der Waals surface area contributed by atoms with Crippen molar-refractivity contribution in [2.24, 2.45) is 0 Å². The van der Waals surface area contributed by atoms with E-state index in [1.807, 2.05) is 56.3 Å². The Morgan fingerprint density at radius 3 is 2.86 bits per heavy atom. The van der Waals surface area contributed by atoms with Gasteiger partial charge in [-0.15, -0.1) is 0 Å². The lowest BCUT2D eigenvalue weighted by molar-refractivity contribution is -0.122. The van der Waals surface area contributed by atoms with Crippen molar-refractivity contribution in [3.8, 4) is 5.75 Å². The van der Waals surface area contributed by atoms with Gasteiger partial charge in [0.2, 0.25) is 0 Å². The molecule has 21 heavy (non-hydrogen) atoms. The maximum atomic E-state index is 12.3. The van der Waals surface area contributed by atoms with Crippen LogP contribution in [-0.4, -0.2) is 18.6 Å². The van der Waals surface area contributed by atoms with Crippen LogP contribution in [0.4, 0.5) is 11.4 Å². The van der Waals surface area contributed by atoms with Crippen molar-refractivity contribution in [3.63, 3.8) is 0 Å². The summed E-state index contributed by atoms with van der Waals surface area (Å²) in [5, 5.41) is 6.15. The first kappa shape index (κ1) is 13.5. The highest BCUT2D eigenvalue weighted by Crippen LogP contribution is 2.28. The van der Waals surface area contributed by atoms with Crippen molar-refractivity contribution < 1.29 is 9.53 Å². The zero-order valence-corrected chi connectivity index (χ0v) is 12.1. The average molecular weight is 282 g/mol. The van der Waals surface area contributed by atoms with Crippen molar-refractivity contribution in [1.29, 1.82) is 0 Å². The van der Waals surface area contributed by atoms with Crippen LogP contribution < -0.4 is 15.4 Å². The standard InChI is InChI=1S/C17H18N2O2/c1-11-7-8-13(12(2)9-11)19-17(20)16-10-18-14-5-3-4-6-15(14)21-16/h3-9,16,18H,10H2,1-2H3,(H,19,20). The molecule has 0 fully saturated rings. The van der Waals surface area contributed by atoms with Gasteiger partial charge in [0.25, 0.3) is 5.91 Å². The van der Waals surface area contributed by atoms with Gasteiger partial charge in [-0.05, 0) is 37.6 Å². The molecule has 0 saturated carbocycles. The minimum atomic E-state index is -0.527. The second kappa shape index (κ2) is 5.48. The molecule has 2 N–H and O–H groups in total. The molecular formula is C17H18N2O2. The van der Waals surface area contributed by atoms with Gasteiger partial charge in [0.1, 0.15) is 5.75 Å². The van der Waals surface area contributed by atoms with Crippen LogP contribution in [0.25, 0.3) is 0 Å². The molecule has 1 unspecified atom stereocenters. The van der Waals surface area contributed by atoms with Crippen molar-refractivity contribution in [2.75, 3.05) is 17.2 Å². The monoisotopic (exact) mass is 282 g/mol. The normalized spacial score (nSPS) is 16.4. The summed E-state index contributed by atoms with van der Waals surface area (Å²) in [7, 11) is 0. The molecule has 108 valence electrons. The average Bonchev–Trinajstić information content (AvgIpc) is 2.49. The number of hydrogen-bond acceptors (Lipinski definition) is 3. The number of nitrogens with one attached hydrogen (secondary N) is 2. The van der Waals surface area contributed by atoms with Crippen LogP contribution in [0, 0.1) is 13.8 Å². The first-order valence-corrected chi connectivity index (χ1v) is 7.01. The Hall–Kier alpha value is -2.49. The predicted molar refractivity (Wildman–Crippen MR) is 83.9 cm³/mol. The number of hydrogen-bond donors (Lipinski definition) is 2. The molecular weight excluding hydrogens is 264 g/mol. The zero-order valence-electron chi connectivity index (χ0n) is 12.1. The van der Waals surface area contributed by atoms with Gasteiger partial charge in [-0.2, -0.15) is 0 Å². The van der Waals surface area contributed by atoms with Crippen LogP contribution in [0.1, 0.15) is 11.1 Å². The van der Waals surface area contributed by atoms with Crippen LogP contribution in [0.15, 0.2) is 42.5 Å². The fraction of sp³-hybridized carbons (Fsp3) is 0.235. The third-order valence-corrected chi connectivity index (χ3v) is 3.57. The number of aryl methyl sites for hydroxylation is 2. The van der Waals surface area contributed by atoms with Gasteiger partial charge in [0, 0.05) is 5.69 Å². The van der Waals surface area contributed by atoms with Crippen molar-refractivity contribution in [2.45, 2.75) is 20.0 Å². The molecule has 0 aliphatic carbocycles. The lowest BCUT2D eigenvalue weighted by atomic mass is 10.1. The Kier molecular flexibility index (Phi) is 3.52. The first-order valence-electron chi connectivity index (χ1n) is 7.01. The van der Waals surface area contributed by atoms with E-state index in [2.05, 4.69) is 10.6 Å². The molecule has 4 nitrogen and oxygen atoms in total. The van der Waals surface area contributed by atoms with Crippen LogP contribution in [0.3, 0.4) is 0 Å². The second-order valence-corrected chi connectivity index (χ2v) is 5.29.